The summed E-state index contributed by atoms with van der Waals surface area (Å²) in [6.45, 7) is 5.02. The van der Waals surface area contributed by atoms with Gasteiger partial charge in [0, 0.05) is 13.0 Å². The van der Waals surface area contributed by atoms with Gasteiger partial charge >= 0.3 is 0 Å². The maximum Gasteiger partial charge on any atom is 0.287 e. The van der Waals surface area contributed by atoms with Crippen LogP contribution >= 0.6 is 0 Å². The predicted molar refractivity (Wildman–Crippen MR) is 84.8 cm³/mol. The van der Waals surface area contributed by atoms with Crippen LogP contribution in [0.5, 0.6) is 0 Å². The predicted octanol–water partition coefficient (Wildman–Crippen LogP) is 4.39. The van der Waals surface area contributed by atoms with Crippen molar-refractivity contribution in [2.75, 3.05) is 6.54 Å². The maximum atomic E-state index is 11.6. The molecule has 0 heterocycles. The summed E-state index contributed by atoms with van der Waals surface area (Å²) in [5.74, 6) is -0.622. The van der Waals surface area contributed by atoms with E-state index in [-0.39, 0.29) is 11.7 Å². The fourth-order valence-corrected chi connectivity index (χ4v) is 2.21. The second-order valence-electron chi connectivity index (χ2n) is 5.61. The Hall–Kier alpha value is -0.860. The number of hydrogen-bond donors (Lipinski definition) is 1. The molecule has 0 aliphatic rings. The molecule has 20 heavy (non-hydrogen) atoms. The quantitative estimate of drug-likeness (QED) is 0.379. The van der Waals surface area contributed by atoms with Gasteiger partial charge < -0.3 is 5.32 Å². The number of carbonyl (C=O) groups is 2. The molecule has 0 saturated heterocycles. The third kappa shape index (κ3) is 12.2. The molecule has 0 spiro atoms. The lowest BCUT2D eigenvalue weighted by atomic mass is 10.1. The molecular formula is C17H33NO2. The van der Waals surface area contributed by atoms with Crippen molar-refractivity contribution in [3.63, 3.8) is 0 Å². The Balaban J connectivity index is 3.40. The molecule has 3 nitrogen and oxygen atoms in total. The van der Waals surface area contributed by atoms with Crippen molar-refractivity contribution < 1.29 is 9.59 Å². The highest BCUT2D eigenvalue weighted by atomic mass is 16.2. The number of unbranched alkanes of at least 4 members (excludes halogenated alkanes) is 9. The summed E-state index contributed by atoms with van der Waals surface area (Å²) >= 11 is 0. The number of rotatable bonds is 14. The van der Waals surface area contributed by atoms with Gasteiger partial charge in [-0.25, -0.2) is 0 Å². The highest BCUT2D eigenvalue weighted by Gasteiger charge is 2.11. The third-order valence-corrected chi connectivity index (χ3v) is 3.58. The number of carbonyl (C=O) groups excluding carboxylic acids is 2. The maximum absolute atomic E-state index is 11.6. The van der Waals surface area contributed by atoms with E-state index in [2.05, 4.69) is 19.2 Å². The molecule has 0 saturated carbocycles. The topological polar surface area (TPSA) is 46.2 Å². The van der Waals surface area contributed by atoms with Gasteiger partial charge in [-0.3, -0.25) is 9.59 Å². The first-order valence-corrected chi connectivity index (χ1v) is 8.53. The van der Waals surface area contributed by atoms with Crippen LogP contribution in [0.4, 0.5) is 0 Å². The van der Waals surface area contributed by atoms with E-state index < -0.39 is 0 Å². The smallest absolute Gasteiger partial charge is 0.287 e. The first kappa shape index (κ1) is 19.1. The van der Waals surface area contributed by atoms with Crippen LogP contribution in [0.25, 0.3) is 0 Å². The fourth-order valence-electron chi connectivity index (χ4n) is 2.21. The summed E-state index contributed by atoms with van der Waals surface area (Å²) in [6, 6.07) is 0. The summed E-state index contributed by atoms with van der Waals surface area (Å²) in [6.07, 6.45) is 13.1. The van der Waals surface area contributed by atoms with Gasteiger partial charge in [-0.2, -0.15) is 0 Å². The van der Waals surface area contributed by atoms with E-state index in [4.69, 9.17) is 0 Å². The Morgan fingerprint density at radius 1 is 0.700 bits per heavy atom. The molecular weight excluding hydrogens is 250 g/mol. The van der Waals surface area contributed by atoms with Crippen molar-refractivity contribution in [2.24, 2.45) is 0 Å². The van der Waals surface area contributed by atoms with Crippen LogP contribution in [0.2, 0.25) is 0 Å². The lowest BCUT2D eigenvalue weighted by molar-refractivity contribution is -0.138. The molecule has 0 aliphatic carbocycles. The summed E-state index contributed by atoms with van der Waals surface area (Å²) in [7, 11) is 0. The molecule has 3 heteroatoms. The molecule has 0 unspecified atom stereocenters. The van der Waals surface area contributed by atoms with Gasteiger partial charge in [0.1, 0.15) is 0 Å². The molecule has 0 aromatic rings. The average molecular weight is 283 g/mol. The molecule has 0 radical (unpaired) electrons. The molecule has 0 aromatic carbocycles. The van der Waals surface area contributed by atoms with Crippen LogP contribution in [0.1, 0.15) is 90.9 Å². The number of hydrogen-bond acceptors (Lipinski definition) is 2. The number of amides is 1. The van der Waals surface area contributed by atoms with Crippen LogP contribution in [-0.2, 0) is 9.59 Å². The van der Waals surface area contributed by atoms with Crippen molar-refractivity contribution in [3.8, 4) is 0 Å². The lowest BCUT2D eigenvalue weighted by Gasteiger charge is -2.04. The number of Topliss-reactive ketones (excluding diaryl/α,β-unsaturated/α-hetero) is 1. The summed E-state index contributed by atoms with van der Waals surface area (Å²) in [4.78, 5) is 23.1. The molecule has 0 fully saturated rings. The Labute approximate surface area is 124 Å². The summed E-state index contributed by atoms with van der Waals surface area (Å²) < 4.78 is 0. The van der Waals surface area contributed by atoms with Crippen molar-refractivity contribution in [1.29, 1.82) is 0 Å². The van der Waals surface area contributed by atoms with Crippen LogP contribution < -0.4 is 5.32 Å². The van der Waals surface area contributed by atoms with E-state index in [1.807, 2.05) is 0 Å². The largest absolute Gasteiger partial charge is 0.350 e. The zero-order valence-corrected chi connectivity index (χ0v) is 13.5. The minimum Gasteiger partial charge on any atom is -0.350 e. The SMILES string of the molecule is CCCCCCCCC(=O)C(=O)NCCCCCCC. The average Bonchev–Trinajstić information content (AvgIpc) is 2.45. The molecule has 0 aliphatic heterocycles. The molecule has 118 valence electrons. The van der Waals surface area contributed by atoms with Gasteiger partial charge in [0.25, 0.3) is 5.91 Å². The Morgan fingerprint density at radius 3 is 1.80 bits per heavy atom. The monoisotopic (exact) mass is 283 g/mol. The highest BCUT2D eigenvalue weighted by Crippen LogP contribution is 2.07. The van der Waals surface area contributed by atoms with Gasteiger partial charge in [0.05, 0.1) is 0 Å². The van der Waals surface area contributed by atoms with E-state index in [9.17, 15) is 9.59 Å². The Kier molecular flexibility index (Phi) is 13.9. The molecule has 1 N–H and O–H groups in total. The van der Waals surface area contributed by atoms with Gasteiger partial charge in [0.15, 0.2) is 0 Å². The van der Waals surface area contributed by atoms with Gasteiger partial charge in [-0.15, -0.1) is 0 Å². The van der Waals surface area contributed by atoms with E-state index >= 15 is 0 Å². The van der Waals surface area contributed by atoms with Gasteiger partial charge in [-0.05, 0) is 12.8 Å². The summed E-state index contributed by atoms with van der Waals surface area (Å²) in [5.41, 5.74) is 0. The van der Waals surface area contributed by atoms with E-state index in [0.29, 0.717) is 13.0 Å². The van der Waals surface area contributed by atoms with Gasteiger partial charge in [-0.1, -0.05) is 71.6 Å². The van der Waals surface area contributed by atoms with E-state index in [1.54, 1.807) is 0 Å². The standard InChI is InChI=1S/C17H33NO2/c1-3-5-7-9-10-12-14-16(19)17(20)18-15-13-11-8-6-4-2/h3-15H2,1-2H3,(H,18,20). The van der Waals surface area contributed by atoms with Crippen LogP contribution in [0.15, 0.2) is 0 Å². The zero-order chi connectivity index (χ0) is 15.1. The van der Waals surface area contributed by atoms with Crippen molar-refractivity contribution >= 4 is 11.7 Å². The second kappa shape index (κ2) is 14.5. The lowest BCUT2D eigenvalue weighted by Crippen LogP contribution is -2.31. The number of ketones is 1. The highest BCUT2D eigenvalue weighted by molar-refractivity contribution is 6.36. The second-order valence-corrected chi connectivity index (χ2v) is 5.61. The normalized spacial score (nSPS) is 10.5. The Morgan fingerprint density at radius 2 is 1.20 bits per heavy atom. The first-order chi connectivity index (χ1) is 9.72. The molecule has 0 bridgehead atoms. The van der Waals surface area contributed by atoms with Crippen LogP contribution in [-0.4, -0.2) is 18.2 Å². The Bertz CT molecular complexity index is 225. The van der Waals surface area contributed by atoms with Crippen molar-refractivity contribution in [1.82, 2.24) is 5.32 Å². The zero-order valence-electron chi connectivity index (χ0n) is 13.5. The third-order valence-electron chi connectivity index (χ3n) is 3.58. The van der Waals surface area contributed by atoms with Crippen LogP contribution in [0.3, 0.4) is 0 Å². The molecule has 0 rings (SSSR count). The fraction of sp³-hybridized carbons (Fsp3) is 0.882. The molecule has 0 aromatic heterocycles. The van der Waals surface area contributed by atoms with Crippen molar-refractivity contribution in [2.45, 2.75) is 90.9 Å². The minimum atomic E-state index is -0.381. The minimum absolute atomic E-state index is 0.242. The first-order valence-electron chi connectivity index (χ1n) is 8.53. The molecule has 0 atom stereocenters. The molecule has 1 amide bonds. The van der Waals surface area contributed by atoms with Crippen molar-refractivity contribution in [3.05, 3.63) is 0 Å². The summed E-state index contributed by atoms with van der Waals surface area (Å²) in [5, 5.41) is 2.73. The van der Waals surface area contributed by atoms with E-state index in [1.165, 1.54) is 44.9 Å². The van der Waals surface area contributed by atoms with Gasteiger partial charge in [0.2, 0.25) is 5.78 Å². The van der Waals surface area contributed by atoms with E-state index in [0.717, 1.165) is 25.7 Å². The van der Waals surface area contributed by atoms with Crippen LogP contribution in [0, 0.1) is 0 Å². The number of nitrogens with one attached hydrogen (secondary N) is 1.